The van der Waals surface area contributed by atoms with Crippen LogP contribution in [0.5, 0.6) is 0 Å². The van der Waals surface area contributed by atoms with Crippen LogP contribution >= 0.6 is 11.6 Å². The summed E-state index contributed by atoms with van der Waals surface area (Å²) in [7, 11) is 0. The van der Waals surface area contributed by atoms with Crippen LogP contribution in [0.4, 0.5) is 0 Å². The number of carbonyl (C=O) groups excluding carboxylic acids is 1. The lowest BCUT2D eigenvalue weighted by molar-refractivity contribution is -0.130. The molecule has 3 rings (SSSR count). The summed E-state index contributed by atoms with van der Waals surface area (Å²) >= 11 is 5.97. The van der Waals surface area contributed by atoms with Gasteiger partial charge in [0.1, 0.15) is 11.5 Å². The highest BCUT2D eigenvalue weighted by molar-refractivity contribution is 6.30. The molecule has 0 aliphatic heterocycles. The molecule has 0 amide bonds. The van der Waals surface area contributed by atoms with Crippen LogP contribution in [0.1, 0.15) is 42.3 Å². The van der Waals surface area contributed by atoms with E-state index in [0.29, 0.717) is 17.2 Å². The number of Topliss-reactive ketones (excluding diaryl/α,β-unsaturated/α-hetero) is 1. The minimum Gasteiger partial charge on any atom is -0.389 e. The number of benzene rings is 1. The first-order valence-electron chi connectivity index (χ1n) is 7.24. The van der Waals surface area contributed by atoms with Crippen molar-refractivity contribution in [1.29, 1.82) is 0 Å². The summed E-state index contributed by atoms with van der Waals surface area (Å²) in [6.45, 7) is 5.05. The first-order valence-corrected chi connectivity index (χ1v) is 7.62. The highest BCUT2D eigenvalue weighted by Gasteiger charge is 2.49. The number of halogens is 1. The first kappa shape index (κ1) is 15.3. The third-order valence-corrected chi connectivity index (χ3v) is 4.74. The Labute approximate surface area is 134 Å². The lowest BCUT2D eigenvalue weighted by Crippen LogP contribution is -2.48. The van der Waals surface area contributed by atoms with Gasteiger partial charge in [0.25, 0.3) is 0 Å². The lowest BCUT2D eigenvalue weighted by atomic mass is 9.64. The quantitative estimate of drug-likeness (QED) is 0.922. The molecule has 1 aromatic carbocycles. The Morgan fingerprint density at radius 3 is 2.64 bits per heavy atom. The van der Waals surface area contributed by atoms with Gasteiger partial charge in [-0.05, 0) is 38.5 Å². The fourth-order valence-corrected chi connectivity index (χ4v) is 3.75. The Balaban J connectivity index is 2.23. The fourth-order valence-electron chi connectivity index (χ4n) is 3.63. The van der Waals surface area contributed by atoms with Crippen LogP contribution in [-0.2, 0) is 11.2 Å². The van der Waals surface area contributed by atoms with Crippen LogP contribution < -0.4 is 0 Å². The van der Waals surface area contributed by atoms with Crippen molar-refractivity contribution in [2.45, 2.75) is 38.7 Å². The fraction of sp³-hybridized carbons (Fsp3) is 0.412. The molecule has 116 valence electrons. The Morgan fingerprint density at radius 1 is 1.41 bits per heavy atom. The van der Waals surface area contributed by atoms with Crippen LogP contribution in [0, 0.1) is 12.8 Å². The van der Waals surface area contributed by atoms with Gasteiger partial charge in [-0.15, -0.1) is 0 Å². The second-order valence-electron chi connectivity index (χ2n) is 6.25. The van der Waals surface area contributed by atoms with E-state index in [2.05, 4.69) is 5.16 Å². The van der Waals surface area contributed by atoms with E-state index in [1.54, 1.807) is 19.1 Å². The summed E-state index contributed by atoms with van der Waals surface area (Å²) in [4.78, 5) is 12.3. The van der Waals surface area contributed by atoms with Crippen LogP contribution in [0.3, 0.4) is 0 Å². The Hall–Kier alpha value is -1.65. The van der Waals surface area contributed by atoms with Crippen LogP contribution in [0.15, 0.2) is 28.8 Å². The van der Waals surface area contributed by atoms with Gasteiger partial charge in [-0.3, -0.25) is 4.79 Å². The number of hydrogen-bond acceptors (Lipinski definition) is 4. The Kier molecular flexibility index (Phi) is 3.62. The van der Waals surface area contributed by atoms with Crippen LogP contribution in [0.25, 0.3) is 0 Å². The maximum absolute atomic E-state index is 12.3. The highest BCUT2D eigenvalue weighted by Crippen LogP contribution is 2.47. The van der Waals surface area contributed by atoms with Gasteiger partial charge in [0.15, 0.2) is 0 Å². The number of hydrogen-bond donors (Lipinski definition) is 1. The van der Waals surface area contributed by atoms with Crippen molar-refractivity contribution in [2.75, 3.05) is 0 Å². The molecular weight excluding hydrogens is 302 g/mol. The zero-order valence-corrected chi connectivity index (χ0v) is 13.5. The summed E-state index contributed by atoms with van der Waals surface area (Å²) in [5.41, 5.74) is 1.40. The molecule has 0 bridgehead atoms. The molecule has 0 spiro atoms. The number of aliphatic hydroxyl groups is 1. The van der Waals surface area contributed by atoms with Gasteiger partial charge in [-0.1, -0.05) is 28.9 Å². The Morgan fingerprint density at radius 2 is 2.05 bits per heavy atom. The van der Waals surface area contributed by atoms with Crippen LogP contribution in [-0.4, -0.2) is 21.6 Å². The SMILES string of the molecule is CC(=O)[C@H]1[C@H](c2ccc(Cl)cc2)c2c(noc2C)C[C@@]1(C)O. The molecule has 4 nitrogen and oxygen atoms in total. The number of rotatable bonds is 2. The van der Waals surface area contributed by atoms with Gasteiger partial charge < -0.3 is 9.63 Å². The van der Waals surface area contributed by atoms with E-state index in [-0.39, 0.29) is 11.7 Å². The summed E-state index contributed by atoms with van der Waals surface area (Å²) in [6.07, 6.45) is 0.314. The molecule has 1 aliphatic carbocycles. The van der Waals surface area contributed by atoms with E-state index in [1.165, 1.54) is 6.92 Å². The second-order valence-corrected chi connectivity index (χ2v) is 6.69. The average molecular weight is 320 g/mol. The summed E-state index contributed by atoms with van der Waals surface area (Å²) < 4.78 is 5.32. The molecule has 1 aromatic heterocycles. The third kappa shape index (κ3) is 2.36. The normalized spacial score (nSPS) is 27.5. The minimum absolute atomic E-state index is 0.0452. The van der Waals surface area contributed by atoms with E-state index in [9.17, 15) is 9.90 Å². The number of aromatic nitrogens is 1. The van der Waals surface area contributed by atoms with Gasteiger partial charge >= 0.3 is 0 Å². The largest absolute Gasteiger partial charge is 0.389 e. The predicted octanol–water partition coefficient (Wildman–Crippen LogP) is 3.28. The van der Waals surface area contributed by atoms with Gasteiger partial charge in [-0.25, -0.2) is 0 Å². The van der Waals surface area contributed by atoms with Gasteiger partial charge in [0, 0.05) is 22.9 Å². The summed E-state index contributed by atoms with van der Waals surface area (Å²) in [5, 5.41) is 15.5. The first-order chi connectivity index (χ1) is 10.3. The summed E-state index contributed by atoms with van der Waals surface area (Å²) in [5.74, 6) is -0.174. The molecule has 5 heteroatoms. The Bertz CT molecular complexity index is 718. The van der Waals surface area contributed by atoms with Gasteiger partial charge in [0.2, 0.25) is 0 Å². The topological polar surface area (TPSA) is 63.3 Å². The van der Waals surface area contributed by atoms with Crippen molar-refractivity contribution in [2.24, 2.45) is 5.92 Å². The molecule has 3 atom stereocenters. The number of aryl methyl sites for hydroxylation is 1. The standard InChI is InChI=1S/C17H18ClNO3/c1-9(20)16-15(11-4-6-12(18)7-5-11)14-10(2)22-19-13(14)8-17(16,3)21/h4-7,15-16,21H,8H2,1-3H3/t15-,16+,17-/m1/s1. The van der Waals surface area contributed by atoms with Crippen molar-refractivity contribution in [1.82, 2.24) is 5.16 Å². The molecule has 0 fully saturated rings. The zero-order chi connectivity index (χ0) is 16.1. The molecule has 0 radical (unpaired) electrons. The van der Waals surface area contributed by atoms with Gasteiger partial charge in [0.05, 0.1) is 17.2 Å². The monoisotopic (exact) mass is 319 g/mol. The number of fused-ring (bicyclic) bond motifs is 1. The number of nitrogens with zero attached hydrogens (tertiary/aromatic N) is 1. The zero-order valence-electron chi connectivity index (χ0n) is 12.8. The average Bonchev–Trinajstić information content (AvgIpc) is 2.77. The second kappa shape index (κ2) is 5.21. The molecule has 2 aromatic rings. The smallest absolute Gasteiger partial charge is 0.137 e. The van der Waals surface area contributed by atoms with E-state index in [1.807, 2.05) is 19.1 Å². The maximum Gasteiger partial charge on any atom is 0.137 e. The predicted molar refractivity (Wildman–Crippen MR) is 83.0 cm³/mol. The lowest BCUT2D eigenvalue weighted by Gasteiger charge is -2.40. The number of ketones is 1. The third-order valence-electron chi connectivity index (χ3n) is 4.49. The molecular formula is C17H18ClNO3. The van der Waals surface area contributed by atoms with Crippen molar-refractivity contribution < 1.29 is 14.4 Å². The molecule has 0 saturated heterocycles. The van der Waals surface area contributed by atoms with Crippen molar-refractivity contribution in [3.63, 3.8) is 0 Å². The molecule has 0 unspecified atom stereocenters. The molecule has 1 N–H and O–H groups in total. The van der Waals surface area contributed by atoms with E-state index in [4.69, 9.17) is 16.1 Å². The van der Waals surface area contributed by atoms with Crippen molar-refractivity contribution >= 4 is 17.4 Å². The minimum atomic E-state index is -1.16. The summed E-state index contributed by atoms with van der Waals surface area (Å²) in [6, 6.07) is 7.36. The van der Waals surface area contributed by atoms with Crippen molar-refractivity contribution in [3.8, 4) is 0 Å². The van der Waals surface area contributed by atoms with Crippen molar-refractivity contribution in [3.05, 3.63) is 51.9 Å². The highest BCUT2D eigenvalue weighted by atomic mass is 35.5. The number of carbonyl (C=O) groups is 1. The van der Waals surface area contributed by atoms with E-state index in [0.717, 1.165) is 16.8 Å². The molecule has 1 aliphatic rings. The van der Waals surface area contributed by atoms with Crippen LogP contribution in [0.2, 0.25) is 5.02 Å². The molecule has 1 heterocycles. The van der Waals surface area contributed by atoms with E-state index < -0.39 is 11.5 Å². The maximum atomic E-state index is 12.3. The molecule has 22 heavy (non-hydrogen) atoms. The van der Waals surface area contributed by atoms with E-state index >= 15 is 0 Å². The van der Waals surface area contributed by atoms with Gasteiger partial charge in [-0.2, -0.15) is 0 Å². The molecule has 0 saturated carbocycles.